The maximum absolute atomic E-state index is 5.76. The molecule has 18 heavy (non-hydrogen) atoms. The van der Waals surface area contributed by atoms with Gasteiger partial charge in [0.25, 0.3) is 0 Å². The lowest BCUT2D eigenvalue weighted by molar-refractivity contribution is 0.0138. The second-order valence-electron chi connectivity index (χ2n) is 5.39. The Labute approximate surface area is 108 Å². The SMILES string of the molecule is c1nc(CCNC2CC2)oc1CC1CCCCO1. The van der Waals surface area contributed by atoms with Crippen LogP contribution in [0.1, 0.15) is 43.8 Å². The molecular weight excluding hydrogens is 228 g/mol. The van der Waals surface area contributed by atoms with E-state index < -0.39 is 0 Å². The second kappa shape index (κ2) is 5.85. The summed E-state index contributed by atoms with van der Waals surface area (Å²) in [5.74, 6) is 1.83. The summed E-state index contributed by atoms with van der Waals surface area (Å²) in [5.41, 5.74) is 0. The Morgan fingerprint density at radius 1 is 1.28 bits per heavy atom. The molecule has 1 unspecified atom stereocenters. The number of hydrogen-bond donors (Lipinski definition) is 1. The molecule has 100 valence electrons. The zero-order valence-corrected chi connectivity index (χ0v) is 10.9. The van der Waals surface area contributed by atoms with Crippen molar-refractivity contribution in [2.75, 3.05) is 13.2 Å². The van der Waals surface area contributed by atoms with E-state index in [0.29, 0.717) is 6.10 Å². The Bertz CT molecular complexity index is 368. The average Bonchev–Trinajstić information content (AvgIpc) is 3.11. The summed E-state index contributed by atoms with van der Waals surface area (Å²) in [7, 11) is 0. The van der Waals surface area contributed by atoms with Crippen LogP contribution in [-0.2, 0) is 17.6 Å². The van der Waals surface area contributed by atoms with Gasteiger partial charge in [-0.3, -0.25) is 0 Å². The molecule has 1 aliphatic heterocycles. The molecular formula is C14H22N2O2. The van der Waals surface area contributed by atoms with Crippen LogP contribution in [0.2, 0.25) is 0 Å². The molecule has 0 spiro atoms. The molecule has 1 atom stereocenters. The molecule has 0 amide bonds. The molecule has 0 radical (unpaired) electrons. The highest BCUT2D eigenvalue weighted by atomic mass is 16.5. The summed E-state index contributed by atoms with van der Waals surface area (Å²) in [6.07, 6.45) is 10.3. The Balaban J connectivity index is 1.42. The van der Waals surface area contributed by atoms with Gasteiger partial charge in [-0.15, -0.1) is 0 Å². The van der Waals surface area contributed by atoms with E-state index in [2.05, 4.69) is 10.3 Å². The Kier molecular flexibility index (Phi) is 3.96. The first-order valence-electron chi connectivity index (χ1n) is 7.19. The summed E-state index contributed by atoms with van der Waals surface area (Å²) >= 11 is 0. The van der Waals surface area contributed by atoms with E-state index in [9.17, 15) is 0 Å². The van der Waals surface area contributed by atoms with Crippen molar-refractivity contribution in [1.29, 1.82) is 0 Å². The van der Waals surface area contributed by atoms with Gasteiger partial charge in [0.15, 0.2) is 5.89 Å². The molecule has 2 fully saturated rings. The van der Waals surface area contributed by atoms with E-state index in [4.69, 9.17) is 9.15 Å². The summed E-state index contributed by atoms with van der Waals surface area (Å²) in [5, 5.41) is 3.47. The third-order valence-electron chi connectivity index (χ3n) is 3.65. The smallest absolute Gasteiger partial charge is 0.195 e. The minimum Gasteiger partial charge on any atom is -0.446 e. The maximum Gasteiger partial charge on any atom is 0.195 e. The lowest BCUT2D eigenvalue weighted by Gasteiger charge is -2.21. The standard InChI is InChI=1S/C14H22N2O2/c1-2-8-17-12(3-1)9-13-10-16-14(18-13)6-7-15-11-4-5-11/h10-12,15H,1-9H2. The summed E-state index contributed by atoms with van der Waals surface area (Å²) in [6, 6.07) is 0.759. The van der Waals surface area contributed by atoms with Crippen molar-refractivity contribution >= 4 is 0 Å². The van der Waals surface area contributed by atoms with Gasteiger partial charge in [-0.2, -0.15) is 0 Å². The molecule has 1 saturated heterocycles. The molecule has 0 aromatic carbocycles. The van der Waals surface area contributed by atoms with Crippen molar-refractivity contribution in [2.24, 2.45) is 0 Å². The molecule has 1 aromatic heterocycles. The minimum atomic E-state index is 0.337. The molecule has 1 aliphatic carbocycles. The van der Waals surface area contributed by atoms with Gasteiger partial charge in [0.2, 0.25) is 0 Å². The quantitative estimate of drug-likeness (QED) is 0.839. The Morgan fingerprint density at radius 3 is 3.00 bits per heavy atom. The predicted octanol–water partition coefficient (Wildman–Crippen LogP) is 2.08. The predicted molar refractivity (Wildman–Crippen MR) is 68.5 cm³/mol. The van der Waals surface area contributed by atoms with Gasteiger partial charge in [0.1, 0.15) is 5.76 Å². The first-order chi connectivity index (χ1) is 8.90. The van der Waals surface area contributed by atoms with E-state index in [1.165, 1.54) is 25.7 Å². The van der Waals surface area contributed by atoms with Crippen molar-refractivity contribution in [3.63, 3.8) is 0 Å². The van der Waals surface area contributed by atoms with Crippen LogP contribution in [0.25, 0.3) is 0 Å². The highest BCUT2D eigenvalue weighted by Gasteiger charge is 2.20. The van der Waals surface area contributed by atoms with E-state index in [0.717, 1.165) is 50.1 Å². The summed E-state index contributed by atoms with van der Waals surface area (Å²) in [4.78, 5) is 4.34. The molecule has 4 nitrogen and oxygen atoms in total. The summed E-state index contributed by atoms with van der Waals surface area (Å²) < 4.78 is 11.5. The summed E-state index contributed by atoms with van der Waals surface area (Å²) in [6.45, 7) is 1.88. The monoisotopic (exact) mass is 250 g/mol. The molecule has 3 rings (SSSR count). The highest BCUT2D eigenvalue weighted by molar-refractivity contribution is 4.97. The van der Waals surface area contributed by atoms with Crippen LogP contribution < -0.4 is 5.32 Å². The van der Waals surface area contributed by atoms with Crippen LogP contribution in [-0.4, -0.2) is 30.3 Å². The molecule has 4 heteroatoms. The van der Waals surface area contributed by atoms with Gasteiger partial charge in [0.05, 0.1) is 12.3 Å². The molecule has 1 aromatic rings. The minimum absolute atomic E-state index is 0.337. The maximum atomic E-state index is 5.76. The third kappa shape index (κ3) is 3.56. The van der Waals surface area contributed by atoms with E-state index in [1.807, 2.05) is 6.20 Å². The van der Waals surface area contributed by atoms with Crippen LogP contribution >= 0.6 is 0 Å². The number of ether oxygens (including phenoxy) is 1. The normalized spacial score (nSPS) is 24.3. The first-order valence-corrected chi connectivity index (χ1v) is 7.19. The van der Waals surface area contributed by atoms with E-state index in [-0.39, 0.29) is 0 Å². The van der Waals surface area contributed by atoms with E-state index >= 15 is 0 Å². The first kappa shape index (κ1) is 12.2. The van der Waals surface area contributed by atoms with Crippen molar-refractivity contribution < 1.29 is 9.15 Å². The van der Waals surface area contributed by atoms with Gasteiger partial charge >= 0.3 is 0 Å². The third-order valence-corrected chi connectivity index (χ3v) is 3.65. The fraction of sp³-hybridized carbons (Fsp3) is 0.786. The number of oxazole rings is 1. The van der Waals surface area contributed by atoms with Crippen molar-refractivity contribution in [2.45, 2.75) is 57.1 Å². The number of hydrogen-bond acceptors (Lipinski definition) is 4. The number of nitrogens with zero attached hydrogens (tertiary/aromatic N) is 1. The van der Waals surface area contributed by atoms with Crippen LogP contribution in [0.4, 0.5) is 0 Å². The van der Waals surface area contributed by atoms with Gasteiger partial charge in [0, 0.05) is 32.0 Å². The fourth-order valence-electron chi connectivity index (χ4n) is 2.42. The van der Waals surface area contributed by atoms with Crippen LogP contribution in [0.3, 0.4) is 0 Å². The Morgan fingerprint density at radius 2 is 2.22 bits per heavy atom. The molecule has 2 heterocycles. The van der Waals surface area contributed by atoms with E-state index in [1.54, 1.807) is 0 Å². The number of aromatic nitrogens is 1. The van der Waals surface area contributed by atoms with Crippen LogP contribution in [0, 0.1) is 0 Å². The van der Waals surface area contributed by atoms with Gasteiger partial charge in [-0.25, -0.2) is 4.98 Å². The van der Waals surface area contributed by atoms with Crippen LogP contribution in [0.15, 0.2) is 10.6 Å². The number of rotatable bonds is 6. The zero-order valence-electron chi connectivity index (χ0n) is 10.9. The van der Waals surface area contributed by atoms with Crippen molar-refractivity contribution in [3.8, 4) is 0 Å². The van der Waals surface area contributed by atoms with Crippen molar-refractivity contribution in [3.05, 3.63) is 17.8 Å². The lowest BCUT2D eigenvalue weighted by Crippen LogP contribution is -2.21. The van der Waals surface area contributed by atoms with Gasteiger partial charge < -0.3 is 14.5 Å². The molecule has 1 N–H and O–H groups in total. The largest absolute Gasteiger partial charge is 0.446 e. The average molecular weight is 250 g/mol. The van der Waals surface area contributed by atoms with Gasteiger partial charge in [-0.1, -0.05) is 0 Å². The second-order valence-corrected chi connectivity index (χ2v) is 5.39. The highest BCUT2D eigenvalue weighted by Crippen LogP contribution is 2.19. The van der Waals surface area contributed by atoms with Crippen LogP contribution in [0.5, 0.6) is 0 Å². The molecule has 0 bridgehead atoms. The van der Waals surface area contributed by atoms with Gasteiger partial charge in [-0.05, 0) is 32.1 Å². The Hall–Kier alpha value is -0.870. The number of nitrogens with one attached hydrogen (secondary N) is 1. The topological polar surface area (TPSA) is 47.3 Å². The molecule has 2 aliphatic rings. The zero-order chi connectivity index (χ0) is 12.2. The molecule has 1 saturated carbocycles. The lowest BCUT2D eigenvalue weighted by atomic mass is 10.1. The fourth-order valence-corrected chi connectivity index (χ4v) is 2.42. The van der Waals surface area contributed by atoms with Crippen molar-refractivity contribution in [1.82, 2.24) is 10.3 Å².